The Bertz CT molecular complexity index is 1300. The maximum atomic E-state index is 13.4. The van der Waals surface area contributed by atoms with Crippen LogP contribution in [0.3, 0.4) is 0 Å². The molecular weight excluding hydrogens is 440 g/mol. The molecule has 0 spiro atoms. The zero-order chi connectivity index (χ0) is 23.2. The predicted octanol–water partition coefficient (Wildman–Crippen LogP) is 4.58. The van der Waals surface area contributed by atoms with E-state index in [1.165, 1.54) is 11.8 Å². The van der Waals surface area contributed by atoms with E-state index in [-0.39, 0.29) is 5.56 Å². The number of hydrogen-bond donors (Lipinski definition) is 0. The minimum absolute atomic E-state index is 0.147. The molecule has 8 heteroatoms. The van der Waals surface area contributed by atoms with Crippen molar-refractivity contribution in [2.45, 2.75) is 5.16 Å². The SMILES string of the molecule is COc1ccc(OCCSc2nc3ccccc3c(=O)n2-c2ccc(OC)c(OC)c2)cc1. The van der Waals surface area contributed by atoms with Crippen molar-refractivity contribution in [1.82, 2.24) is 9.55 Å². The van der Waals surface area contributed by atoms with Gasteiger partial charge in [0, 0.05) is 11.8 Å². The third-order valence-corrected chi connectivity index (χ3v) is 5.92. The van der Waals surface area contributed by atoms with Gasteiger partial charge >= 0.3 is 0 Å². The molecule has 1 aromatic heterocycles. The van der Waals surface area contributed by atoms with Crippen molar-refractivity contribution >= 4 is 22.7 Å². The number of para-hydroxylation sites is 1. The first kappa shape index (κ1) is 22.5. The van der Waals surface area contributed by atoms with E-state index >= 15 is 0 Å². The molecule has 0 N–H and O–H groups in total. The number of ether oxygens (including phenoxy) is 4. The highest BCUT2D eigenvalue weighted by Crippen LogP contribution is 2.30. The fraction of sp³-hybridized carbons (Fsp3) is 0.200. The molecule has 0 bridgehead atoms. The number of thioether (sulfide) groups is 1. The van der Waals surface area contributed by atoms with E-state index in [9.17, 15) is 4.79 Å². The molecule has 0 unspecified atom stereocenters. The summed E-state index contributed by atoms with van der Waals surface area (Å²) in [4.78, 5) is 18.2. The number of hydrogen-bond acceptors (Lipinski definition) is 7. The molecule has 0 radical (unpaired) electrons. The fourth-order valence-electron chi connectivity index (χ4n) is 3.37. The third-order valence-electron chi connectivity index (χ3n) is 5.01. The van der Waals surface area contributed by atoms with Crippen LogP contribution in [0.15, 0.2) is 76.7 Å². The van der Waals surface area contributed by atoms with Crippen LogP contribution < -0.4 is 24.5 Å². The van der Waals surface area contributed by atoms with Gasteiger partial charge in [0.15, 0.2) is 16.7 Å². The molecule has 0 aliphatic carbocycles. The molecular formula is C25H24N2O5S. The van der Waals surface area contributed by atoms with Gasteiger partial charge in [-0.3, -0.25) is 9.36 Å². The Morgan fingerprint density at radius 2 is 1.58 bits per heavy atom. The molecule has 0 aliphatic heterocycles. The van der Waals surface area contributed by atoms with Crippen LogP contribution in [-0.2, 0) is 0 Å². The zero-order valence-corrected chi connectivity index (χ0v) is 19.4. The molecule has 0 aliphatic rings. The Hall–Kier alpha value is -3.65. The highest BCUT2D eigenvalue weighted by atomic mass is 32.2. The smallest absolute Gasteiger partial charge is 0.266 e. The Labute approximate surface area is 195 Å². The number of methoxy groups -OCH3 is 3. The van der Waals surface area contributed by atoms with Crippen molar-refractivity contribution in [2.24, 2.45) is 0 Å². The van der Waals surface area contributed by atoms with E-state index in [0.29, 0.717) is 45.6 Å². The van der Waals surface area contributed by atoms with Gasteiger partial charge in [0.05, 0.1) is 44.5 Å². The second-order valence-electron chi connectivity index (χ2n) is 6.96. The van der Waals surface area contributed by atoms with E-state index in [2.05, 4.69) is 0 Å². The fourth-order valence-corrected chi connectivity index (χ4v) is 4.19. The molecule has 4 aromatic rings. The van der Waals surface area contributed by atoms with Crippen LogP contribution in [0.1, 0.15) is 0 Å². The lowest BCUT2D eigenvalue weighted by atomic mass is 10.2. The van der Waals surface area contributed by atoms with Gasteiger partial charge in [0.2, 0.25) is 0 Å². The third kappa shape index (κ3) is 4.90. The molecule has 33 heavy (non-hydrogen) atoms. The van der Waals surface area contributed by atoms with Crippen molar-refractivity contribution in [1.29, 1.82) is 0 Å². The predicted molar refractivity (Wildman–Crippen MR) is 130 cm³/mol. The summed E-state index contributed by atoms with van der Waals surface area (Å²) >= 11 is 1.45. The molecule has 4 rings (SSSR count). The van der Waals surface area contributed by atoms with E-state index < -0.39 is 0 Å². The standard InChI is InChI=1S/C25H24N2O5S/c1-29-18-9-11-19(12-10-18)32-14-15-33-25-26-21-7-5-4-6-20(21)24(28)27(25)17-8-13-22(30-2)23(16-17)31-3/h4-13,16H,14-15H2,1-3H3. The maximum absolute atomic E-state index is 13.4. The highest BCUT2D eigenvalue weighted by Gasteiger charge is 2.15. The minimum Gasteiger partial charge on any atom is -0.497 e. The maximum Gasteiger partial charge on any atom is 0.266 e. The van der Waals surface area contributed by atoms with E-state index in [0.717, 1.165) is 11.5 Å². The summed E-state index contributed by atoms with van der Waals surface area (Å²) in [6.45, 7) is 0.450. The molecule has 0 saturated heterocycles. The number of nitrogens with zero attached hydrogens (tertiary/aromatic N) is 2. The molecule has 0 saturated carbocycles. The van der Waals surface area contributed by atoms with Gasteiger partial charge in [0.25, 0.3) is 5.56 Å². The Balaban J connectivity index is 1.63. The summed E-state index contributed by atoms with van der Waals surface area (Å²) in [5, 5.41) is 1.12. The quantitative estimate of drug-likeness (QED) is 0.204. The Kier molecular flexibility index (Phi) is 7.04. The van der Waals surface area contributed by atoms with Crippen molar-refractivity contribution in [3.05, 3.63) is 77.1 Å². The molecule has 3 aromatic carbocycles. The molecule has 0 atom stereocenters. The Morgan fingerprint density at radius 3 is 2.30 bits per heavy atom. The monoisotopic (exact) mass is 464 g/mol. The van der Waals surface area contributed by atoms with Gasteiger partial charge in [-0.05, 0) is 48.5 Å². The van der Waals surface area contributed by atoms with Crippen LogP contribution >= 0.6 is 11.8 Å². The molecule has 0 amide bonds. The molecule has 7 nitrogen and oxygen atoms in total. The number of fused-ring (bicyclic) bond motifs is 1. The lowest BCUT2D eigenvalue weighted by Crippen LogP contribution is -2.22. The van der Waals surface area contributed by atoms with Crippen LogP contribution in [0.5, 0.6) is 23.0 Å². The first-order valence-corrected chi connectivity index (χ1v) is 11.3. The van der Waals surface area contributed by atoms with E-state index in [1.54, 1.807) is 44.1 Å². The Morgan fingerprint density at radius 1 is 0.848 bits per heavy atom. The number of aromatic nitrogens is 2. The summed E-state index contributed by atoms with van der Waals surface area (Å²) in [6.07, 6.45) is 0. The summed E-state index contributed by atoms with van der Waals surface area (Å²) in [6, 6.07) is 20.1. The molecule has 170 valence electrons. The number of benzene rings is 3. The van der Waals surface area contributed by atoms with Crippen molar-refractivity contribution in [2.75, 3.05) is 33.7 Å². The van der Waals surface area contributed by atoms with Crippen LogP contribution in [0, 0.1) is 0 Å². The van der Waals surface area contributed by atoms with Gasteiger partial charge in [-0.2, -0.15) is 0 Å². The summed E-state index contributed by atoms with van der Waals surface area (Å²) in [5.41, 5.74) is 1.15. The van der Waals surface area contributed by atoms with Crippen LogP contribution in [0.2, 0.25) is 0 Å². The van der Waals surface area contributed by atoms with Crippen molar-refractivity contribution < 1.29 is 18.9 Å². The summed E-state index contributed by atoms with van der Waals surface area (Å²) in [7, 11) is 4.77. The van der Waals surface area contributed by atoms with Crippen molar-refractivity contribution in [3.63, 3.8) is 0 Å². The average Bonchev–Trinajstić information content (AvgIpc) is 2.86. The summed E-state index contributed by atoms with van der Waals surface area (Å²) < 4.78 is 23.4. The lowest BCUT2D eigenvalue weighted by molar-refractivity contribution is 0.342. The van der Waals surface area contributed by atoms with Gasteiger partial charge in [-0.25, -0.2) is 4.98 Å². The first-order valence-electron chi connectivity index (χ1n) is 10.3. The van der Waals surface area contributed by atoms with Gasteiger partial charge in [-0.15, -0.1) is 0 Å². The first-order chi connectivity index (χ1) is 16.1. The average molecular weight is 465 g/mol. The number of rotatable bonds is 9. The zero-order valence-electron chi connectivity index (χ0n) is 18.6. The second kappa shape index (κ2) is 10.3. The van der Waals surface area contributed by atoms with Crippen LogP contribution in [0.25, 0.3) is 16.6 Å². The van der Waals surface area contributed by atoms with Crippen LogP contribution in [0.4, 0.5) is 0 Å². The highest BCUT2D eigenvalue weighted by molar-refractivity contribution is 7.99. The molecule has 1 heterocycles. The minimum atomic E-state index is -0.147. The van der Waals surface area contributed by atoms with Gasteiger partial charge in [-0.1, -0.05) is 23.9 Å². The van der Waals surface area contributed by atoms with E-state index in [1.807, 2.05) is 48.5 Å². The molecule has 0 fully saturated rings. The summed E-state index contributed by atoms with van der Waals surface area (Å²) in [5.74, 6) is 3.25. The largest absolute Gasteiger partial charge is 0.497 e. The topological polar surface area (TPSA) is 71.8 Å². The second-order valence-corrected chi connectivity index (χ2v) is 8.03. The van der Waals surface area contributed by atoms with E-state index in [4.69, 9.17) is 23.9 Å². The lowest BCUT2D eigenvalue weighted by Gasteiger charge is -2.15. The van der Waals surface area contributed by atoms with Crippen LogP contribution in [-0.4, -0.2) is 43.2 Å². The van der Waals surface area contributed by atoms with Gasteiger partial charge in [0.1, 0.15) is 11.5 Å². The van der Waals surface area contributed by atoms with Gasteiger partial charge < -0.3 is 18.9 Å². The van der Waals surface area contributed by atoms with Crippen molar-refractivity contribution in [3.8, 4) is 28.7 Å². The normalized spacial score (nSPS) is 10.8.